The van der Waals surface area contributed by atoms with Crippen molar-refractivity contribution in [3.8, 4) is 0 Å². The second kappa shape index (κ2) is 5.65. The molecule has 1 amide bonds. The number of piperazine rings is 1. The molecule has 1 fully saturated rings. The maximum absolute atomic E-state index is 12.9. The van der Waals surface area contributed by atoms with Crippen molar-refractivity contribution >= 4 is 21.6 Å². The first kappa shape index (κ1) is 15.8. The number of carbonyl (C=O) groups is 1. The minimum Gasteiger partial charge on any atom is -0.398 e. The lowest BCUT2D eigenvalue weighted by atomic mass is 10.1. The van der Waals surface area contributed by atoms with Crippen LogP contribution in [0.2, 0.25) is 0 Å². The predicted octanol–water partition coefficient (Wildman–Crippen LogP) is 0.785. The van der Waals surface area contributed by atoms with Crippen LogP contribution in [-0.4, -0.2) is 37.8 Å². The van der Waals surface area contributed by atoms with Crippen molar-refractivity contribution in [2.45, 2.75) is 38.1 Å². The Hall–Kier alpha value is -1.60. The van der Waals surface area contributed by atoms with Crippen LogP contribution in [0.15, 0.2) is 17.0 Å². The fourth-order valence-electron chi connectivity index (χ4n) is 2.53. The number of aryl methyl sites for hydroxylation is 2. The molecule has 116 valence electrons. The second-order valence-corrected chi connectivity index (χ2v) is 7.16. The molecule has 21 heavy (non-hydrogen) atoms. The van der Waals surface area contributed by atoms with Crippen LogP contribution in [0.3, 0.4) is 0 Å². The highest BCUT2D eigenvalue weighted by Gasteiger charge is 2.38. The van der Waals surface area contributed by atoms with Gasteiger partial charge in [0, 0.05) is 13.1 Å². The van der Waals surface area contributed by atoms with Gasteiger partial charge in [-0.25, -0.2) is 8.42 Å². The molecule has 1 aromatic carbocycles. The lowest BCUT2D eigenvalue weighted by Crippen LogP contribution is -2.56. The zero-order chi connectivity index (χ0) is 15.8. The molecule has 0 aliphatic carbocycles. The van der Waals surface area contributed by atoms with Gasteiger partial charge in [-0.2, -0.15) is 4.31 Å². The highest BCUT2D eigenvalue weighted by atomic mass is 32.2. The van der Waals surface area contributed by atoms with Crippen molar-refractivity contribution in [3.63, 3.8) is 0 Å². The van der Waals surface area contributed by atoms with E-state index in [0.29, 0.717) is 13.0 Å². The largest absolute Gasteiger partial charge is 0.398 e. The van der Waals surface area contributed by atoms with Crippen molar-refractivity contribution in [2.75, 3.05) is 18.8 Å². The molecule has 2 rings (SSSR count). The molecule has 0 aromatic heterocycles. The number of amides is 1. The molecule has 1 heterocycles. The number of benzene rings is 1. The summed E-state index contributed by atoms with van der Waals surface area (Å²) in [7, 11) is -3.78. The van der Waals surface area contributed by atoms with Gasteiger partial charge in [0.1, 0.15) is 10.9 Å². The Morgan fingerprint density at radius 3 is 2.57 bits per heavy atom. The maximum atomic E-state index is 12.9. The lowest BCUT2D eigenvalue weighted by molar-refractivity contribution is -0.126. The smallest absolute Gasteiger partial charge is 0.245 e. The van der Waals surface area contributed by atoms with E-state index in [1.165, 1.54) is 4.31 Å². The Morgan fingerprint density at radius 1 is 1.33 bits per heavy atom. The number of carbonyl (C=O) groups excluding carboxylic acids is 1. The van der Waals surface area contributed by atoms with Gasteiger partial charge < -0.3 is 11.1 Å². The van der Waals surface area contributed by atoms with Crippen molar-refractivity contribution in [1.29, 1.82) is 0 Å². The highest BCUT2D eigenvalue weighted by Crippen LogP contribution is 2.28. The van der Waals surface area contributed by atoms with Gasteiger partial charge in [0.25, 0.3) is 0 Å². The SMILES string of the molecule is CCC1C(=O)NCCN1S(=O)(=O)c1cc(C)c(C)cc1N. The minimum atomic E-state index is -3.78. The van der Waals surface area contributed by atoms with Crippen LogP contribution in [0.5, 0.6) is 0 Å². The van der Waals surface area contributed by atoms with Crippen molar-refractivity contribution in [3.05, 3.63) is 23.3 Å². The highest BCUT2D eigenvalue weighted by molar-refractivity contribution is 7.89. The average molecular weight is 311 g/mol. The van der Waals surface area contributed by atoms with Gasteiger partial charge >= 0.3 is 0 Å². The fraction of sp³-hybridized carbons (Fsp3) is 0.500. The number of nitrogens with zero attached hydrogens (tertiary/aromatic N) is 1. The molecule has 0 saturated carbocycles. The van der Waals surface area contributed by atoms with E-state index < -0.39 is 16.1 Å². The van der Waals surface area contributed by atoms with Crippen LogP contribution >= 0.6 is 0 Å². The lowest BCUT2D eigenvalue weighted by Gasteiger charge is -2.33. The number of hydrogen-bond acceptors (Lipinski definition) is 4. The maximum Gasteiger partial charge on any atom is 0.245 e. The van der Waals surface area contributed by atoms with E-state index in [2.05, 4.69) is 5.32 Å². The van der Waals surface area contributed by atoms with Gasteiger partial charge in [-0.05, 0) is 43.5 Å². The predicted molar refractivity (Wildman–Crippen MR) is 81.3 cm³/mol. The Morgan fingerprint density at radius 2 is 1.95 bits per heavy atom. The number of nitrogens with one attached hydrogen (secondary N) is 1. The van der Waals surface area contributed by atoms with Crippen LogP contribution < -0.4 is 11.1 Å². The van der Waals surface area contributed by atoms with Gasteiger partial charge in [-0.1, -0.05) is 6.92 Å². The van der Waals surface area contributed by atoms with E-state index in [9.17, 15) is 13.2 Å². The van der Waals surface area contributed by atoms with E-state index in [1.807, 2.05) is 13.8 Å². The van der Waals surface area contributed by atoms with Crippen LogP contribution in [0.1, 0.15) is 24.5 Å². The summed E-state index contributed by atoms with van der Waals surface area (Å²) in [6.07, 6.45) is 0.426. The van der Waals surface area contributed by atoms with Crippen LogP contribution in [0, 0.1) is 13.8 Å². The summed E-state index contributed by atoms with van der Waals surface area (Å²) in [6, 6.07) is 2.57. The van der Waals surface area contributed by atoms with Gasteiger partial charge in [-0.15, -0.1) is 0 Å². The zero-order valence-electron chi connectivity index (χ0n) is 12.5. The third-order valence-electron chi connectivity index (χ3n) is 3.88. The average Bonchev–Trinajstić information content (AvgIpc) is 2.42. The summed E-state index contributed by atoms with van der Waals surface area (Å²) in [4.78, 5) is 12.0. The molecule has 1 aliphatic rings. The summed E-state index contributed by atoms with van der Waals surface area (Å²) in [5.41, 5.74) is 7.92. The second-order valence-electron chi connectivity index (χ2n) is 5.31. The topological polar surface area (TPSA) is 92.5 Å². The molecule has 0 bridgehead atoms. The molecule has 3 N–H and O–H groups in total. The van der Waals surface area contributed by atoms with Crippen LogP contribution in [0.4, 0.5) is 5.69 Å². The number of anilines is 1. The molecule has 6 nitrogen and oxygen atoms in total. The molecule has 7 heteroatoms. The van der Waals surface area contributed by atoms with Gasteiger partial charge in [0.05, 0.1) is 5.69 Å². The molecular formula is C14H21N3O3S. The molecule has 1 aromatic rings. The quantitative estimate of drug-likeness (QED) is 0.807. The molecule has 0 spiro atoms. The monoisotopic (exact) mass is 311 g/mol. The van der Waals surface area contributed by atoms with E-state index in [0.717, 1.165) is 11.1 Å². The molecule has 1 atom stereocenters. The fourth-order valence-corrected chi connectivity index (χ4v) is 4.38. The van der Waals surface area contributed by atoms with Crippen molar-refractivity contribution in [2.24, 2.45) is 0 Å². The van der Waals surface area contributed by atoms with Crippen molar-refractivity contribution in [1.82, 2.24) is 9.62 Å². The summed E-state index contributed by atoms with van der Waals surface area (Å²) < 4.78 is 27.0. The third-order valence-corrected chi connectivity index (χ3v) is 5.85. The summed E-state index contributed by atoms with van der Waals surface area (Å²) in [5.74, 6) is -0.255. The number of sulfonamides is 1. The minimum absolute atomic E-state index is 0.0822. The Labute approximate surface area is 125 Å². The Kier molecular flexibility index (Phi) is 4.25. The van der Waals surface area contributed by atoms with E-state index in [-0.39, 0.29) is 23.0 Å². The standard InChI is InChI=1S/C14H21N3O3S/c1-4-12-14(18)16-5-6-17(12)21(19,20)13-8-10(3)9(2)7-11(13)15/h7-8,12H,4-6,15H2,1-3H3,(H,16,18). The molecule has 1 unspecified atom stereocenters. The summed E-state index contributed by atoms with van der Waals surface area (Å²) in [6.45, 7) is 6.10. The zero-order valence-corrected chi connectivity index (χ0v) is 13.3. The first-order valence-electron chi connectivity index (χ1n) is 6.95. The first-order chi connectivity index (χ1) is 9.78. The summed E-state index contributed by atoms with van der Waals surface area (Å²) in [5, 5.41) is 2.70. The van der Waals surface area contributed by atoms with Crippen LogP contribution in [0.25, 0.3) is 0 Å². The first-order valence-corrected chi connectivity index (χ1v) is 8.39. The van der Waals surface area contributed by atoms with Crippen LogP contribution in [-0.2, 0) is 14.8 Å². The molecule has 1 aliphatic heterocycles. The molecule has 0 radical (unpaired) electrons. The number of rotatable bonds is 3. The number of nitrogens with two attached hydrogens (primary N) is 1. The van der Waals surface area contributed by atoms with E-state index >= 15 is 0 Å². The van der Waals surface area contributed by atoms with Crippen molar-refractivity contribution < 1.29 is 13.2 Å². The van der Waals surface area contributed by atoms with Gasteiger partial charge in [0.15, 0.2) is 0 Å². The third kappa shape index (κ3) is 2.75. The van der Waals surface area contributed by atoms with Gasteiger partial charge in [0.2, 0.25) is 15.9 Å². The summed E-state index contributed by atoms with van der Waals surface area (Å²) >= 11 is 0. The van der Waals surface area contributed by atoms with Gasteiger partial charge in [-0.3, -0.25) is 4.79 Å². The molecule has 1 saturated heterocycles. The van der Waals surface area contributed by atoms with E-state index in [4.69, 9.17) is 5.73 Å². The molecular weight excluding hydrogens is 290 g/mol. The normalized spacial score (nSPS) is 20.3. The Balaban J connectivity index is 2.51. The van der Waals surface area contributed by atoms with E-state index in [1.54, 1.807) is 19.1 Å². The number of nitrogen functional groups attached to an aromatic ring is 1. The number of hydrogen-bond donors (Lipinski definition) is 2. The Bertz CT molecular complexity index is 670.